The number of methoxy groups -OCH3 is 1. The number of aliphatic hydroxyl groups excluding tert-OH is 1. The van der Waals surface area contributed by atoms with Gasteiger partial charge in [0.15, 0.2) is 0 Å². The molecule has 0 fully saturated rings. The number of hydrogen-bond donors (Lipinski definition) is 2. The molecule has 0 aromatic heterocycles. The van der Waals surface area contributed by atoms with Crippen LogP contribution in [0.25, 0.3) is 0 Å². The summed E-state index contributed by atoms with van der Waals surface area (Å²) >= 11 is 0. The van der Waals surface area contributed by atoms with Crippen molar-refractivity contribution in [2.45, 2.75) is 51.9 Å². The van der Waals surface area contributed by atoms with Crippen molar-refractivity contribution < 1.29 is 19.4 Å². The number of carbonyl (C=O) groups is 1. The highest BCUT2D eigenvalue weighted by Crippen LogP contribution is 2.08. The summed E-state index contributed by atoms with van der Waals surface area (Å²) in [5.74, 6) is 0. The minimum absolute atomic E-state index is 0.0212. The summed E-state index contributed by atoms with van der Waals surface area (Å²) in [5.41, 5.74) is -0.531. The Morgan fingerprint density at radius 1 is 1.44 bits per heavy atom. The Balaban J connectivity index is 4.07. The lowest BCUT2D eigenvalue weighted by molar-refractivity contribution is 0.0429. The Hall–Kier alpha value is -0.810. The van der Waals surface area contributed by atoms with Gasteiger partial charge in [0.25, 0.3) is 0 Å². The lowest BCUT2D eigenvalue weighted by atomic mass is 10.1. The second-order valence-electron chi connectivity index (χ2n) is 4.81. The van der Waals surface area contributed by atoms with Crippen molar-refractivity contribution in [1.29, 1.82) is 0 Å². The number of hydrogen-bond acceptors (Lipinski definition) is 4. The Morgan fingerprint density at radius 3 is 2.38 bits per heavy atom. The van der Waals surface area contributed by atoms with E-state index in [1.807, 2.05) is 6.92 Å². The van der Waals surface area contributed by atoms with Crippen LogP contribution in [0.15, 0.2) is 0 Å². The number of carbonyl (C=O) groups excluding carboxylic acids is 1. The molecule has 2 N–H and O–H groups in total. The van der Waals surface area contributed by atoms with Gasteiger partial charge in [-0.15, -0.1) is 0 Å². The molecule has 0 unspecified atom stereocenters. The molecular weight excluding hydrogens is 210 g/mol. The molecule has 96 valence electrons. The molecule has 0 aliphatic carbocycles. The summed E-state index contributed by atoms with van der Waals surface area (Å²) in [7, 11) is 1.59. The van der Waals surface area contributed by atoms with Gasteiger partial charge in [0.2, 0.25) is 0 Å². The molecule has 16 heavy (non-hydrogen) atoms. The van der Waals surface area contributed by atoms with Crippen LogP contribution >= 0.6 is 0 Å². The number of nitrogens with one attached hydrogen (secondary N) is 1. The SMILES string of the molecule is CO[C@@H](C)C[C@@H](CO)NC(=O)OC(C)(C)C. The Kier molecular flexibility index (Phi) is 6.36. The quantitative estimate of drug-likeness (QED) is 0.751. The summed E-state index contributed by atoms with van der Waals surface area (Å²) in [4.78, 5) is 11.4. The average molecular weight is 233 g/mol. The lowest BCUT2D eigenvalue weighted by Crippen LogP contribution is -2.42. The van der Waals surface area contributed by atoms with E-state index in [9.17, 15) is 4.79 Å². The van der Waals surface area contributed by atoms with Gasteiger partial charge in [-0.3, -0.25) is 0 Å². The van der Waals surface area contributed by atoms with E-state index >= 15 is 0 Å². The van der Waals surface area contributed by atoms with Crippen LogP contribution in [0.1, 0.15) is 34.1 Å². The van der Waals surface area contributed by atoms with Gasteiger partial charge in [0, 0.05) is 7.11 Å². The van der Waals surface area contributed by atoms with Gasteiger partial charge in [-0.2, -0.15) is 0 Å². The molecule has 0 spiro atoms. The predicted octanol–water partition coefficient (Wildman–Crippen LogP) is 1.30. The molecule has 0 saturated heterocycles. The average Bonchev–Trinajstić information content (AvgIpc) is 2.13. The van der Waals surface area contributed by atoms with Crippen LogP contribution in [0, 0.1) is 0 Å². The number of amides is 1. The zero-order chi connectivity index (χ0) is 12.8. The van der Waals surface area contributed by atoms with E-state index in [4.69, 9.17) is 14.6 Å². The van der Waals surface area contributed by atoms with Crippen molar-refractivity contribution in [2.24, 2.45) is 0 Å². The van der Waals surface area contributed by atoms with Gasteiger partial charge in [0.05, 0.1) is 18.8 Å². The predicted molar refractivity (Wildman–Crippen MR) is 61.3 cm³/mol. The van der Waals surface area contributed by atoms with Crippen molar-refractivity contribution in [1.82, 2.24) is 5.32 Å². The third-order valence-corrected chi connectivity index (χ3v) is 1.96. The van der Waals surface area contributed by atoms with Crippen LogP contribution in [0.4, 0.5) is 4.79 Å². The van der Waals surface area contributed by atoms with Gasteiger partial charge in [-0.1, -0.05) is 0 Å². The smallest absolute Gasteiger partial charge is 0.407 e. The second-order valence-corrected chi connectivity index (χ2v) is 4.81. The molecule has 0 aliphatic rings. The van der Waals surface area contributed by atoms with E-state index in [0.29, 0.717) is 6.42 Å². The molecule has 0 aliphatic heterocycles. The summed E-state index contributed by atoms with van der Waals surface area (Å²) in [5, 5.41) is 11.7. The van der Waals surface area contributed by atoms with Crippen LogP contribution in [-0.4, -0.2) is 42.7 Å². The number of alkyl carbamates (subject to hydrolysis) is 1. The van der Waals surface area contributed by atoms with Crippen molar-refractivity contribution in [3.8, 4) is 0 Å². The van der Waals surface area contributed by atoms with Gasteiger partial charge >= 0.3 is 6.09 Å². The molecule has 0 radical (unpaired) electrons. The summed E-state index contributed by atoms with van der Waals surface area (Å²) < 4.78 is 10.1. The van der Waals surface area contributed by atoms with Crippen LogP contribution in [0.2, 0.25) is 0 Å². The van der Waals surface area contributed by atoms with Crippen molar-refractivity contribution >= 4 is 6.09 Å². The highest BCUT2D eigenvalue weighted by molar-refractivity contribution is 5.68. The van der Waals surface area contributed by atoms with E-state index in [0.717, 1.165) is 0 Å². The minimum Gasteiger partial charge on any atom is -0.444 e. The maximum Gasteiger partial charge on any atom is 0.407 e. The first-order valence-corrected chi connectivity index (χ1v) is 5.41. The van der Waals surface area contributed by atoms with Crippen LogP contribution in [0.3, 0.4) is 0 Å². The summed E-state index contributed by atoms with van der Waals surface area (Å²) in [6, 6.07) is -0.343. The fourth-order valence-corrected chi connectivity index (χ4v) is 1.15. The maximum absolute atomic E-state index is 11.4. The first-order valence-electron chi connectivity index (χ1n) is 5.41. The van der Waals surface area contributed by atoms with Crippen molar-refractivity contribution in [3.05, 3.63) is 0 Å². The fraction of sp³-hybridized carbons (Fsp3) is 0.909. The zero-order valence-corrected chi connectivity index (χ0v) is 10.7. The molecule has 0 bridgehead atoms. The Morgan fingerprint density at radius 2 is 2.00 bits per heavy atom. The highest BCUT2D eigenvalue weighted by atomic mass is 16.6. The van der Waals surface area contributed by atoms with E-state index in [1.54, 1.807) is 27.9 Å². The standard InChI is InChI=1S/C11H23NO4/c1-8(15-5)6-9(7-13)12-10(14)16-11(2,3)4/h8-9,13H,6-7H2,1-5H3,(H,12,14)/t8-,9-/m0/s1. The largest absolute Gasteiger partial charge is 0.444 e. The molecule has 0 saturated carbocycles. The lowest BCUT2D eigenvalue weighted by Gasteiger charge is -2.23. The van der Waals surface area contributed by atoms with Crippen molar-refractivity contribution in [3.63, 3.8) is 0 Å². The van der Waals surface area contributed by atoms with E-state index in [1.165, 1.54) is 0 Å². The van der Waals surface area contributed by atoms with Crippen LogP contribution in [-0.2, 0) is 9.47 Å². The zero-order valence-electron chi connectivity index (χ0n) is 10.7. The molecule has 0 heterocycles. The highest BCUT2D eigenvalue weighted by Gasteiger charge is 2.20. The first kappa shape index (κ1) is 15.2. The van der Waals surface area contributed by atoms with Gasteiger partial charge < -0.3 is 19.9 Å². The molecule has 1 amide bonds. The maximum atomic E-state index is 11.4. The number of aliphatic hydroxyl groups is 1. The van der Waals surface area contributed by atoms with E-state index in [2.05, 4.69) is 5.32 Å². The number of ether oxygens (including phenoxy) is 2. The first-order chi connectivity index (χ1) is 7.28. The molecule has 5 nitrogen and oxygen atoms in total. The Labute approximate surface area is 97.1 Å². The van der Waals surface area contributed by atoms with E-state index < -0.39 is 11.7 Å². The van der Waals surface area contributed by atoms with E-state index in [-0.39, 0.29) is 18.8 Å². The monoisotopic (exact) mass is 233 g/mol. The van der Waals surface area contributed by atoms with Gasteiger partial charge in [-0.25, -0.2) is 4.79 Å². The number of rotatable bonds is 5. The third-order valence-electron chi connectivity index (χ3n) is 1.96. The molecule has 5 heteroatoms. The second kappa shape index (κ2) is 6.70. The summed E-state index contributed by atoms with van der Waals surface area (Å²) in [6.07, 6.45) is 0.00799. The molecular formula is C11H23NO4. The fourth-order valence-electron chi connectivity index (χ4n) is 1.15. The summed E-state index contributed by atoms with van der Waals surface area (Å²) in [6.45, 7) is 7.11. The third kappa shape index (κ3) is 7.48. The molecule has 0 aromatic rings. The van der Waals surface area contributed by atoms with Crippen LogP contribution in [0.5, 0.6) is 0 Å². The van der Waals surface area contributed by atoms with Gasteiger partial charge in [-0.05, 0) is 34.1 Å². The Bertz CT molecular complexity index is 213. The molecule has 0 rings (SSSR count). The van der Waals surface area contributed by atoms with Crippen molar-refractivity contribution in [2.75, 3.05) is 13.7 Å². The minimum atomic E-state index is -0.531. The van der Waals surface area contributed by atoms with Gasteiger partial charge in [0.1, 0.15) is 5.60 Å². The van der Waals surface area contributed by atoms with Crippen LogP contribution < -0.4 is 5.32 Å². The normalized spacial score (nSPS) is 15.4. The molecule has 2 atom stereocenters. The molecule has 0 aromatic carbocycles. The topological polar surface area (TPSA) is 67.8 Å².